The topological polar surface area (TPSA) is 29.3 Å². The van der Waals surface area contributed by atoms with Crippen LogP contribution in [0.1, 0.15) is 58.3 Å². The van der Waals surface area contributed by atoms with Crippen LogP contribution in [0.4, 0.5) is 0 Å². The number of piperidine rings is 1. The molecule has 0 aromatic carbocycles. The van der Waals surface area contributed by atoms with Crippen molar-refractivity contribution in [2.45, 2.75) is 70.4 Å². The van der Waals surface area contributed by atoms with Crippen LogP contribution in [-0.4, -0.2) is 30.1 Å². The molecule has 2 heteroatoms. The molecular weight excluding hydrogens is 196 g/mol. The van der Waals surface area contributed by atoms with Gasteiger partial charge in [-0.2, -0.15) is 0 Å². The van der Waals surface area contributed by atoms with Crippen LogP contribution in [0.2, 0.25) is 0 Å². The summed E-state index contributed by atoms with van der Waals surface area (Å²) >= 11 is 0. The lowest BCUT2D eigenvalue weighted by molar-refractivity contribution is 0.104. The van der Waals surface area contributed by atoms with E-state index in [-0.39, 0.29) is 0 Å². The maximum atomic E-state index is 6.06. The first-order valence-corrected chi connectivity index (χ1v) is 7.27. The summed E-state index contributed by atoms with van der Waals surface area (Å²) in [5, 5.41) is 0. The second kappa shape index (κ2) is 6.02. The molecule has 0 amide bonds. The van der Waals surface area contributed by atoms with Gasteiger partial charge >= 0.3 is 0 Å². The van der Waals surface area contributed by atoms with Gasteiger partial charge in [-0.1, -0.05) is 25.7 Å². The fourth-order valence-corrected chi connectivity index (χ4v) is 3.42. The largest absolute Gasteiger partial charge is 0.328 e. The predicted octanol–water partition coefficient (Wildman–Crippen LogP) is 2.77. The SMILES string of the molecule is CC(N)C1CCCN(C2CCCCCC2)C1. The van der Waals surface area contributed by atoms with Gasteiger partial charge in [-0.25, -0.2) is 0 Å². The van der Waals surface area contributed by atoms with Crippen LogP contribution < -0.4 is 5.73 Å². The number of nitrogens with zero attached hydrogens (tertiary/aromatic N) is 1. The Balaban J connectivity index is 1.87. The molecule has 2 N–H and O–H groups in total. The van der Waals surface area contributed by atoms with Gasteiger partial charge in [0.2, 0.25) is 0 Å². The van der Waals surface area contributed by atoms with Crippen molar-refractivity contribution in [2.75, 3.05) is 13.1 Å². The molecule has 0 radical (unpaired) electrons. The molecule has 2 unspecified atom stereocenters. The predicted molar refractivity (Wildman–Crippen MR) is 69.4 cm³/mol. The first-order valence-electron chi connectivity index (χ1n) is 7.27. The van der Waals surface area contributed by atoms with E-state index in [4.69, 9.17) is 5.73 Å². The molecule has 2 aliphatic rings. The van der Waals surface area contributed by atoms with Crippen molar-refractivity contribution < 1.29 is 0 Å². The minimum atomic E-state index is 0.383. The Bertz CT molecular complexity index is 195. The van der Waals surface area contributed by atoms with E-state index in [2.05, 4.69) is 11.8 Å². The van der Waals surface area contributed by atoms with Crippen molar-refractivity contribution in [1.82, 2.24) is 4.90 Å². The molecule has 0 bridgehead atoms. The van der Waals surface area contributed by atoms with Gasteiger partial charge in [-0.3, -0.25) is 0 Å². The Kier molecular flexibility index (Phi) is 4.66. The van der Waals surface area contributed by atoms with Crippen LogP contribution in [0, 0.1) is 5.92 Å². The summed E-state index contributed by atoms with van der Waals surface area (Å²) in [6, 6.07) is 1.26. The summed E-state index contributed by atoms with van der Waals surface area (Å²) in [5.74, 6) is 0.747. The van der Waals surface area contributed by atoms with Crippen LogP contribution in [0.3, 0.4) is 0 Å². The van der Waals surface area contributed by atoms with Crippen molar-refractivity contribution in [1.29, 1.82) is 0 Å². The Hall–Kier alpha value is -0.0800. The molecule has 2 atom stereocenters. The molecule has 0 aromatic heterocycles. The maximum Gasteiger partial charge on any atom is 0.00953 e. The van der Waals surface area contributed by atoms with Crippen molar-refractivity contribution in [3.63, 3.8) is 0 Å². The zero-order chi connectivity index (χ0) is 11.4. The van der Waals surface area contributed by atoms with Crippen LogP contribution in [0.15, 0.2) is 0 Å². The van der Waals surface area contributed by atoms with Crippen molar-refractivity contribution in [3.05, 3.63) is 0 Å². The molecule has 2 rings (SSSR count). The lowest BCUT2D eigenvalue weighted by atomic mass is 9.90. The van der Waals surface area contributed by atoms with Crippen molar-refractivity contribution >= 4 is 0 Å². The molecule has 94 valence electrons. The van der Waals surface area contributed by atoms with E-state index < -0.39 is 0 Å². The monoisotopic (exact) mass is 224 g/mol. The van der Waals surface area contributed by atoms with Gasteiger partial charge in [0.05, 0.1) is 0 Å². The Labute approximate surface area is 101 Å². The average molecular weight is 224 g/mol. The lowest BCUT2D eigenvalue weighted by Gasteiger charge is -2.39. The fourth-order valence-electron chi connectivity index (χ4n) is 3.42. The van der Waals surface area contributed by atoms with Crippen LogP contribution >= 0.6 is 0 Å². The van der Waals surface area contributed by atoms with Crippen molar-refractivity contribution in [3.8, 4) is 0 Å². The molecule has 1 heterocycles. The molecule has 1 aliphatic heterocycles. The quantitative estimate of drug-likeness (QED) is 0.731. The smallest absolute Gasteiger partial charge is 0.00953 e. The Morgan fingerprint density at radius 3 is 2.31 bits per heavy atom. The van der Waals surface area contributed by atoms with E-state index in [0.717, 1.165) is 12.0 Å². The van der Waals surface area contributed by atoms with Crippen molar-refractivity contribution in [2.24, 2.45) is 11.7 Å². The normalized spacial score (nSPS) is 32.2. The Morgan fingerprint density at radius 2 is 1.69 bits per heavy atom. The molecule has 1 aliphatic carbocycles. The number of hydrogen-bond donors (Lipinski definition) is 1. The van der Waals surface area contributed by atoms with Crippen LogP contribution in [-0.2, 0) is 0 Å². The molecule has 2 nitrogen and oxygen atoms in total. The van der Waals surface area contributed by atoms with E-state index in [1.54, 1.807) is 0 Å². The zero-order valence-electron chi connectivity index (χ0n) is 10.8. The molecule has 0 spiro atoms. The van der Waals surface area contributed by atoms with Gasteiger partial charge in [0.1, 0.15) is 0 Å². The third-order valence-electron chi connectivity index (χ3n) is 4.57. The summed E-state index contributed by atoms with van der Waals surface area (Å²) in [6.07, 6.45) is 11.4. The highest BCUT2D eigenvalue weighted by Gasteiger charge is 2.27. The second-order valence-corrected chi connectivity index (χ2v) is 5.90. The number of likely N-dealkylation sites (tertiary alicyclic amines) is 1. The van der Waals surface area contributed by atoms with Crippen LogP contribution in [0.5, 0.6) is 0 Å². The van der Waals surface area contributed by atoms with Gasteiger partial charge in [0.25, 0.3) is 0 Å². The molecular formula is C14H28N2. The fraction of sp³-hybridized carbons (Fsp3) is 1.00. The van der Waals surface area contributed by atoms with E-state index >= 15 is 0 Å². The third kappa shape index (κ3) is 3.21. The Morgan fingerprint density at radius 1 is 1.00 bits per heavy atom. The summed E-state index contributed by atoms with van der Waals surface area (Å²) in [7, 11) is 0. The zero-order valence-corrected chi connectivity index (χ0v) is 10.8. The van der Waals surface area contributed by atoms with E-state index in [0.29, 0.717) is 6.04 Å². The van der Waals surface area contributed by atoms with Gasteiger partial charge < -0.3 is 10.6 Å². The highest BCUT2D eigenvalue weighted by molar-refractivity contribution is 4.83. The van der Waals surface area contributed by atoms with Gasteiger partial charge in [-0.05, 0) is 45.1 Å². The third-order valence-corrected chi connectivity index (χ3v) is 4.57. The number of rotatable bonds is 2. The summed E-state index contributed by atoms with van der Waals surface area (Å²) in [4.78, 5) is 2.75. The van der Waals surface area contributed by atoms with Gasteiger partial charge in [0.15, 0.2) is 0 Å². The molecule has 16 heavy (non-hydrogen) atoms. The maximum absolute atomic E-state index is 6.06. The minimum absolute atomic E-state index is 0.383. The summed E-state index contributed by atoms with van der Waals surface area (Å²) in [5.41, 5.74) is 6.06. The number of nitrogens with two attached hydrogens (primary N) is 1. The highest BCUT2D eigenvalue weighted by Crippen LogP contribution is 2.27. The summed E-state index contributed by atoms with van der Waals surface area (Å²) < 4.78 is 0. The summed E-state index contributed by atoms with van der Waals surface area (Å²) in [6.45, 7) is 4.78. The molecule has 1 saturated carbocycles. The van der Waals surface area contributed by atoms with E-state index in [1.807, 2.05) is 0 Å². The van der Waals surface area contributed by atoms with E-state index in [9.17, 15) is 0 Å². The van der Waals surface area contributed by atoms with Gasteiger partial charge in [-0.15, -0.1) is 0 Å². The average Bonchev–Trinajstić information content (AvgIpc) is 2.57. The standard InChI is InChI=1S/C14H28N2/c1-12(15)13-7-6-10-16(11-13)14-8-4-2-3-5-9-14/h12-14H,2-11,15H2,1H3. The van der Waals surface area contributed by atoms with Crippen LogP contribution in [0.25, 0.3) is 0 Å². The number of hydrogen-bond acceptors (Lipinski definition) is 2. The highest BCUT2D eigenvalue weighted by atomic mass is 15.2. The van der Waals surface area contributed by atoms with Gasteiger partial charge in [0, 0.05) is 18.6 Å². The molecule has 2 fully saturated rings. The first-order chi connectivity index (χ1) is 7.77. The minimum Gasteiger partial charge on any atom is -0.328 e. The second-order valence-electron chi connectivity index (χ2n) is 5.90. The lowest BCUT2D eigenvalue weighted by Crippen LogP contribution is -2.46. The molecule has 1 saturated heterocycles. The molecule has 0 aromatic rings. The van der Waals surface area contributed by atoms with E-state index in [1.165, 1.54) is 64.5 Å². The first kappa shape index (κ1) is 12.4.